The van der Waals surface area contributed by atoms with Crippen molar-refractivity contribution < 1.29 is 28.8 Å². The van der Waals surface area contributed by atoms with Crippen LogP contribution < -0.4 is 18.9 Å². The number of hydrogen-bond donors (Lipinski definition) is 1. The van der Waals surface area contributed by atoms with Gasteiger partial charge < -0.3 is 24.1 Å². The van der Waals surface area contributed by atoms with Gasteiger partial charge in [-0.1, -0.05) is 76.0 Å². The molecule has 50 heavy (non-hydrogen) atoms. The number of fused-ring (bicyclic) bond motifs is 1. The van der Waals surface area contributed by atoms with Crippen molar-refractivity contribution >= 4 is 29.1 Å². The van der Waals surface area contributed by atoms with E-state index in [0.717, 1.165) is 63.8 Å². The van der Waals surface area contributed by atoms with E-state index in [2.05, 4.69) is 23.2 Å². The van der Waals surface area contributed by atoms with Gasteiger partial charge in [-0.3, -0.25) is 9.78 Å². The number of unbranched alkanes of at least 4 members (excludes halogenated alkanes) is 9. The Labute approximate surface area is 307 Å². The first-order valence-electron chi connectivity index (χ1n) is 18.9. The number of carboxylic acids is 1. The maximum absolute atomic E-state index is 10.3. The number of halogens is 1. The lowest BCUT2D eigenvalue weighted by molar-refractivity contribution is -0.137. The van der Waals surface area contributed by atoms with Crippen molar-refractivity contribution in [2.75, 3.05) is 26.4 Å². The average Bonchev–Trinajstić information content (AvgIpc) is 3.61. The summed E-state index contributed by atoms with van der Waals surface area (Å²) in [6, 6.07) is 12.1. The summed E-state index contributed by atoms with van der Waals surface area (Å²) in [6.45, 7) is 10.3. The molecule has 0 saturated carbocycles. The summed E-state index contributed by atoms with van der Waals surface area (Å²) >= 11 is 0. The standard InChI is InChI=1S/C24H29NO4.C18H32O2.ClH/c1-5-26-21-10-9-17(14-22(21)27-6-2)13-20-19-16-24(29-8-4)23(28-7-3)15-18(19)11-12-25-20;19-18(20)16-10-8-6-4-2-1-3-5-7-9-13-17-14-11-12-15-17;/h9-12,14-16H,5-8,13H2,1-4H3;11,14,17H,1-10,12-13,15-16H2,(H,19,20);1H. The highest BCUT2D eigenvalue weighted by molar-refractivity contribution is 5.88. The lowest BCUT2D eigenvalue weighted by atomic mass is 9.99. The van der Waals surface area contributed by atoms with E-state index in [-0.39, 0.29) is 12.4 Å². The number of aromatic nitrogens is 1. The van der Waals surface area contributed by atoms with Crippen LogP contribution in [0.4, 0.5) is 0 Å². The molecule has 8 heteroatoms. The predicted octanol–water partition coefficient (Wildman–Crippen LogP) is 11.6. The Kier molecular flexibility index (Phi) is 21.8. The third kappa shape index (κ3) is 15.6. The smallest absolute Gasteiger partial charge is 0.303 e. The Morgan fingerprint density at radius 3 is 1.86 bits per heavy atom. The summed E-state index contributed by atoms with van der Waals surface area (Å²) in [7, 11) is 0. The second kappa shape index (κ2) is 25.5. The minimum absolute atomic E-state index is 0. The van der Waals surface area contributed by atoms with Crippen LogP contribution in [0.25, 0.3) is 10.8 Å². The molecule has 4 rings (SSSR count). The van der Waals surface area contributed by atoms with Gasteiger partial charge in [-0.25, -0.2) is 0 Å². The number of ether oxygens (including phenoxy) is 4. The number of benzene rings is 2. The minimum Gasteiger partial charge on any atom is -0.490 e. The fourth-order valence-corrected chi connectivity index (χ4v) is 6.35. The van der Waals surface area contributed by atoms with Crippen LogP contribution in [0, 0.1) is 5.92 Å². The number of carboxylic acid groups (broad SMARTS) is 1. The Hall–Kier alpha value is -3.45. The van der Waals surface area contributed by atoms with Crippen LogP contribution in [-0.4, -0.2) is 42.5 Å². The molecule has 0 spiro atoms. The fourth-order valence-electron chi connectivity index (χ4n) is 6.35. The third-order valence-corrected chi connectivity index (χ3v) is 8.82. The summed E-state index contributed by atoms with van der Waals surface area (Å²) in [5.41, 5.74) is 2.10. The summed E-state index contributed by atoms with van der Waals surface area (Å²) in [6.07, 6.45) is 24.4. The van der Waals surface area contributed by atoms with Crippen LogP contribution in [0.5, 0.6) is 23.0 Å². The largest absolute Gasteiger partial charge is 0.490 e. The van der Waals surface area contributed by atoms with Gasteiger partial charge in [0.15, 0.2) is 23.0 Å². The van der Waals surface area contributed by atoms with Gasteiger partial charge >= 0.3 is 5.97 Å². The lowest BCUT2D eigenvalue weighted by Crippen LogP contribution is -2.01. The van der Waals surface area contributed by atoms with E-state index in [1.54, 1.807) is 0 Å². The second-order valence-electron chi connectivity index (χ2n) is 12.7. The highest BCUT2D eigenvalue weighted by Gasteiger charge is 2.13. The van der Waals surface area contributed by atoms with Gasteiger partial charge in [0.1, 0.15) is 0 Å². The zero-order valence-electron chi connectivity index (χ0n) is 31.1. The predicted molar refractivity (Wildman–Crippen MR) is 208 cm³/mol. The first-order chi connectivity index (χ1) is 24.0. The molecule has 0 saturated heterocycles. The molecule has 0 aliphatic heterocycles. The van der Waals surface area contributed by atoms with Gasteiger partial charge in [-0.2, -0.15) is 0 Å². The Balaban J connectivity index is 0.000000364. The number of hydrogen-bond acceptors (Lipinski definition) is 6. The Morgan fingerprint density at radius 1 is 0.720 bits per heavy atom. The normalized spacial score (nSPS) is 13.3. The summed E-state index contributed by atoms with van der Waals surface area (Å²) in [4.78, 5) is 15.0. The SMILES string of the molecule is CCOc1ccc(Cc2nccc3cc(OCC)c(OCC)cc23)cc1OCC.Cl.O=C(O)CCCCCCCCCCCCC1C=CCC1. The van der Waals surface area contributed by atoms with Crippen molar-refractivity contribution in [3.63, 3.8) is 0 Å². The van der Waals surface area contributed by atoms with Crippen molar-refractivity contribution in [2.24, 2.45) is 5.92 Å². The summed E-state index contributed by atoms with van der Waals surface area (Å²) in [5.74, 6) is 3.28. The minimum atomic E-state index is -0.655. The number of pyridine rings is 1. The highest BCUT2D eigenvalue weighted by atomic mass is 35.5. The van der Waals surface area contributed by atoms with E-state index in [9.17, 15) is 4.79 Å². The summed E-state index contributed by atoms with van der Waals surface area (Å²) in [5, 5.41) is 10.7. The van der Waals surface area contributed by atoms with Crippen LogP contribution in [-0.2, 0) is 11.2 Å². The quantitative estimate of drug-likeness (QED) is 0.0773. The highest BCUT2D eigenvalue weighted by Crippen LogP contribution is 2.35. The molecule has 0 amide bonds. The third-order valence-electron chi connectivity index (χ3n) is 8.82. The number of aliphatic carboxylic acids is 1. The van der Waals surface area contributed by atoms with Crippen molar-refractivity contribution in [3.8, 4) is 23.0 Å². The molecule has 1 heterocycles. The molecule has 0 fully saturated rings. The van der Waals surface area contributed by atoms with Gasteiger partial charge in [0.25, 0.3) is 0 Å². The van der Waals surface area contributed by atoms with Gasteiger partial charge in [-0.05, 0) is 101 Å². The van der Waals surface area contributed by atoms with Gasteiger partial charge in [0.05, 0.1) is 32.1 Å². The maximum Gasteiger partial charge on any atom is 0.303 e. The molecule has 1 N–H and O–H groups in total. The van der Waals surface area contributed by atoms with E-state index < -0.39 is 5.97 Å². The Morgan fingerprint density at radius 2 is 1.28 bits per heavy atom. The van der Waals surface area contributed by atoms with Crippen molar-refractivity contribution in [3.05, 3.63) is 66.0 Å². The molecule has 278 valence electrons. The molecule has 0 bridgehead atoms. The topological polar surface area (TPSA) is 87.1 Å². The van der Waals surface area contributed by atoms with Crippen LogP contribution in [0.15, 0.2) is 54.7 Å². The molecule has 1 aromatic heterocycles. The number of allylic oxidation sites excluding steroid dienone is 2. The number of nitrogens with zero attached hydrogens (tertiary/aromatic N) is 1. The van der Waals surface area contributed by atoms with Crippen LogP contribution in [0.3, 0.4) is 0 Å². The molecule has 2 aromatic carbocycles. The number of carbonyl (C=O) groups is 1. The average molecular weight is 712 g/mol. The first kappa shape index (κ1) is 42.7. The monoisotopic (exact) mass is 711 g/mol. The van der Waals surface area contributed by atoms with Crippen LogP contribution >= 0.6 is 12.4 Å². The van der Waals surface area contributed by atoms with Crippen molar-refractivity contribution in [1.82, 2.24) is 4.98 Å². The molecular weight excluding hydrogens is 650 g/mol. The molecule has 1 atom stereocenters. The van der Waals surface area contributed by atoms with E-state index >= 15 is 0 Å². The maximum atomic E-state index is 10.3. The molecular formula is C42H62ClNO6. The van der Waals surface area contributed by atoms with E-state index in [4.69, 9.17) is 24.1 Å². The van der Waals surface area contributed by atoms with Gasteiger partial charge in [0.2, 0.25) is 0 Å². The fraction of sp³-hybridized carbons (Fsp3) is 0.571. The van der Waals surface area contributed by atoms with Crippen LogP contribution in [0.1, 0.15) is 129 Å². The zero-order valence-corrected chi connectivity index (χ0v) is 31.9. The van der Waals surface area contributed by atoms with E-state index in [1.807, 2.05) is 64.2 Å². The molecule has 1 aliphatic carbocycles. The molecule has 1 aliphatic rings. The second-order valence-corrected chi connectivity index (χ2v) is 12.7. The first-order valence-corrected chi connectivity index (χ1v) is 18.9. The Bertz CT molecular complexity index is 1410. The zero-order chi connectivity index (χ0) is 35.1. The lowest BCUT2D eigenvalue weighted by Gasteiger charge is -2.15. The number of rotatable bonds is 23. The summed E-state index contributed by atoms with van der Waals surface area (Å²) < 4.78 is 23.0. The van der Waals surface area contributed by atoms with Gasteiger partial charge in [-0.15, -0.1) is 12.4 Å². The van der Waals surface area contributed by atoms with Crippen molar-refractivity contribution in [2.45, 2.75) is 124 Å². The van der Waals surface area contributed by atoms with E-state index in [1.165, 1.54) is 70.6 Å². The molecule has 7 nitrogen and oxygen atoms in total. The van der Waals surface area contributed by atoms with Crippen molar-refractivity contribution in [1.29, 1.82) is 0 Å². The van der Waals surface area contributed by atoms with E-state index in [0.29, 0.717) is 39.3 Å². The molecule has 0 radical (unpaired) electrons. The van der Waals surface area contributed by atoms with Gasteiger partial charge in [0, 0.05) is 24.4 Å². The molecule has 3 aromatic rings. The van der Waals surface area contributed by atoms with Crippen LogP contribution in [0.2, 0.25) is 0 Å². The molecule has 1 unspecified atom stereocenters.